The van der Waals surface area contributed by atoms with E-state index in [1.54, 1.807) is 37.4 Å². The third kappa shape index (κ3) is 4.85. The summed E-state index contributed by atoms with van der Waals surface area (Å²) >= 11 is 1.36. The van der Waals surface area contributed by atoms with Gasteiger partial charge in [-0.05, 0) is 55.8 Å². The number of ketones is 1. The van der Waals surface area contributed by atoms with Crippen LogP contribution in [0.4, 0.5) is 0 Å². The molecule has 0 saturated heterocycles. The normalized spacial score (nSPS) is 12.8. The molecule has 1 aromatic heterocycles. The molecule has 0 radical (unpaired) electrons. The van der Waals surface area contributed by atoms with E-state index in [1.165, 1.54) is 23.9 Å². The largest absolute Gasteiger partial charge is 0.497 e. The first-order valence-electron chi connectivity index (χ1n) is 9.62. The summed E-state index contributed by atoms with van der Waals surface area (Å²) in [6.07, 6.45) is 1.94. The van der Waals surface area contributed by atoms with Crippen LogP contribution in [0.5, 0.6) is 5.75 Å². The number of nitrogens with zero attached hydrogens (tertiary/aromatic N) is 2. The van der Waals surface area contributed by atoms with Crippen LogP contribution in [0, 0.1) is 0 Å². The van der Waals surface area contributed by atoms with Crippen LogP contribution in [-0.2, 0) is 16.6 Å². The van der Waals surface area contributed by atoms with Crippen LogP contribution in [0.1, 0.15) is 37.0 Å². The van der Waals surface area contributed by atoms with Gasteiger partial charge in [0.2, 0.25) is 10.0 Å². The van der Waals surface area contributed by atoms with E-state index in [0.29, 0.717) is 22.0 Å². The number of aryl methyl sites for hydroxylation is 1. The molecule has 0 aliphatic carbocycles. The van der Waals surface area contributed by atoms with Gasteiger partial charge in [-0.15, -0.1) is 0 Å². The number of hydrogen-bond donors (Lipinski definition) is 1. The Kier molecular flexibility index (Phi) is 6.84. The van der Waals surface area contributed by atoms with Gasteiger partial charge < -0.3 is 9.30 Å². The van der Waals surface area contributed by atoms with E-state index in [9.17, 15) is 13.2 Å². The number of thioether (sulfide) groups is 1. The molecule has 1 atom stereocenters. The Morgan fingerprint density at radius 1 is 1.23 bits per heavy atom. The quantitative estimate of drug-likeness (QED) is 0.395. The van der Waals surface area contributed by atoms with Crippen molar-refractivity contribution in [1.29, 1.82) is 0 Å². The highest BCUT2D eigenvalue weighted by Crippen LogP contribution is 2.30. The molecular weight excluding hydrogens is 422 g/mol. The first-order valence-corrected chi connectivity index (χ1v) is 12.0. The first kappa shape index (κ1) is 22.3. The molecule has 0 saturated carbocycles. The highest BCUT2D eigenvalue weighted by molar-refractivity contribution is 8.00. The number of rotatable bonds is 9. The van der Waals surface area contributed by atoms with Gasteiger partial charge in [-0.1, -0.05) is 25.1 Å². The molecule has 3 aromatic rings. The van der Waals surface area contributed by atoms with E-state index < -0.39 is 10.0 Å². The van der Waals surface area contributed by atoms with Gasteiger partial charge in [-0.3, -0.25) is 4.79 Å². The molecule has 2 aromatic carbocycles. The van der Waals surface area contributed by atoms with Crippen molar-refractivity contribution < 1.29 is 17.9 Å². The lowest BCUT2D eigenvalue weighted by molar-refractivity contribution is 0.0994. The van der Waals surface area contributed by atoms with Crippen molar-refractivity contribution in [3.63, 3.8) is 0 Å². The summed E-state index contributed by atoms with van der Waals surface area (Å²) in [5, 5.41) is 5.57. The van der Waals surface area contributed by atoms with Crippen LogP contribution in [0.25, 0.3) is 11.0 Å². The Bertz CT molecular complexity index is 1150. The van der Waals surface area contributed by atoms with Crippen molar-refractivity contribution >= 4 is 38.6 Å². The minimum absolute atomic E-state index is 0.0121. The van der Waals surface area contributed by atoms with E-state index in [4.69, 9.17) is 9.88 Å². The van der Waals surface area contributed by atoms with Gasteiger partial charge in [-0.2, -0.15) is 0 Å². The number of benzene rings is 2. The molecule has 1 heterocycles. The molecule has 0 aliphatic heterocycles. The van der Waals surface area contributed by atoms with Crippen molar-refractivity contribution in [2.45, 2.75) is 48.5 Å². The maximum Gasteiger partial charge on any atom is 0.238 e. The maximum atomic E-state index is 12.9. The first-order chi connectivity index (χ1) is 14.2. The van der Waals surface area contributed by atoms with E-state index in [0.717, 1.165) is 24.9 Å². The molecular formula is C21H25N3O4S2. The topological polar surface area (TPSA) is 104 Å². The van der Waals surface area contributed by atoms with Crippen LogP contribution in [-0.4, -0.2) is 36.1 Å². The number of primary sulfonamides is 1. The van der Waals surface area contributed by atoms with Crippen LogP contribution >= 0.6 is 11.8 Å². The summed E-state index contributed by atoms with van der Waals surface area (Å²) < 4.78 is 30.6. The minimum Gasteiger partial charge on any atom is -0.497 e. The predicted molar refractivity (Wildman–Crippen MR) is 119 cm³/mol. The number of sulfonamides is 1. The third-order valence-corrected chi connectivity index (χ3v) is 6.78. The molecule has 2 N–H and O–H groups in total. The second-order valence-electron chi connectivity index (χ2n) is 6.95. The van der Waals surface area contributed by atoms with Crippen molar-refractivity contribution in [1.82, 2.24) is 9.55 Å². The fourth-order valence-corrected chi connectivity index (χ4v) is 4.65. The third-order valence-electron chi connectivity index (χ3n) is 4.77. The Labute approximate surface area is 180 Å². The lowest BCUT2D eigenvalue weighted by Gasteiger charge is -2.13. The molecule has 3 rings (SSSR count). The molecule has 9 heteroatoms. The van der Waals surface area contributed by atoms with Crippen molar-refractivity contribution in [2.24, 2.45) is 5.14 Å². The highest BCUT2D eigenvalue weighted by atomic mass is 32.2. The smallest absolute Gasteiger partial charge is 0.238 e. The Balaban J connectivity index is 1.93. The summed E-state index contributed by atoms with van der Waals surface area (Å²) in [5.41, 5.74) is 1.97. The minimum atomic E-state index is -3.81. The lowest BCUT2D eigenvalue weighted by Crippen LogP contribution is -2.14. The van der Waals surface area contributed by atoms with E-state index in [1.807, 2.05) is 11.5 Å². The van der Waals surface area contributed by atoms with Crippen molar-refractivity contribution in [3.8, 4) is 5.75 Å². The zero-order valence-corrected chi connectivity index (χ0v) is 18.8. The standard InChI is InChI=1S/C21H25N3O4S2/c1-4-5-12-24-19-11-10-17(30(22,26)27)13-18(19)23-21(24)29-14(2)20(25)15-6-8-16(28-3)9-7-15/h6-11,13-14H,4-5,12H2,1-3H3,(H2,22,26,27)/t14-/m1/s1. The monoisotopic (exact) mass is 447 g/mol. The number of ether oxygens (including phenoxy) is 1. The predicted octanol–water partition coefficient (Wildman–Crippen LogP) is 3.86. The fraction of sp³-hybridized carbons (Fsp3) is 0.333. The second kappa shape index (κ2) is 9.20. The average molecular weight is 448 g/mol. The van der Waals surface area contributed by atoms with Crippen LogP contribution in [0.3, 0.4) is 0 Å². The Morgan fingerprint density at radius 2 is 1.93 bits per heavy atom. The highest BCUT2D eigenvalue weighted by Gasteiger charge is 2.21. The van der Waals surface area contributed by atoms with Gasteiger partial charge in [0.05, 0.1) is 28.3 Å². The Hall–Kier alpha value is -2.36. The van der Waals surface area contributed by atoms with Gasteiger partial charge >= 0.3 is 0 Å². The zero-order valence-electron chi connectivity index (χ0n) is 17.2. The van der Waals surface area contributed by atoms with E-state index >= 15 is 0 Å². The van der Waals surface area contributed by atoms with E-state index in [-0.39, 0.29) is 15.9 Å². The fourth-order valence-electron chi connectivity index (χ4n) is 3.09. The van der Waals surface area contributed by atoms with Gasteiger partial charge in [0.25, 0.3) is 0 Å². The molecule has 160 valence electrons. The number of fused-ring (bicyclic) bond motifs is 1. The van der Waals surface area contributed by atoms with E-state index in [2.05, 4.69) is 11.9 Å². The molecule has 30 heavy (non-hydrogen) atoms. The van der Waals surface area contributed by atoms with Gasteiger partial charge in [0.1, 0.15) is 5.75 Å². The number of nitrogens with two attached hydrogens (primary N) is 1. The number of carbonyl (C=O) groups is 1. The maximum absolute atomic E-state index is 12.9. The molecule has 7 nitrogen and oxygen atoms in total. The van der Waals surface area contributed by atoms with Crippen LogP contribution in [0.2, 0.25) is 0 Å². The number of aromatic nitrogens is 2. The Morgan fingerprint density at radius 3 is 2.53 bits per heavy atom. The van der Waals surface area contributed by atoms with Gasteiger partial charge in [0.15, 0.2) is 10.9 Å². The molecule has 0 bridgehead atoms. The van der Waals surface area contributed by atoms with Crippen LogP contribution in [0.15, 0.2) is 52.5 Å². The molecule has 0 unspecified atom stereocenters. The lowest BCUT2D eigenvalue weighted by atomic mass is 10.1. The zero-order chi connectivity index (χ0) is 21.9. The summed E-state index contributed by atoms with van der Waals surface area (Å²) in [6, 6.07) is 11.7. The number of imidazole rings is 1. The van der Waals surface area contributed by atoms with Gasteiger partial charge in [0, 0.05) is 12.1 Å². The number of hydrogen-bond acceptors (Lipinski definition) is 6. The SMILES string of the molecule is CCCCn1c(S[C@H](C)C(=O)c2ccc(OC)cc2)nc2cc(S(N)(=O)=O)ccc21. The van der Waals surface area contributed by atoms with Gasteiger partial charge in [-0.25, -0.2) is 18.5 Å². The summed E-state index contributed by atoms with van der Waals surface area (Å²) in [4.78, 5) is 17.5. The summed E-state index contributed by atoms with van der Waals surface area (Å²) in [6.45, 7) is 4.67. The average Bonchev–Trinajstić information content (AvgIpc) is 3.07. The summed E-state index contributed by atoms with van der Waals surface area (Å²) in [5.74, 6) is 0.681. The number of unbranched alkanes of at least 4 members (excludes halogenated alkanes) is 1. The molecule has 0 fully saturated rings. The summed E-state index contributed by atoms with van der Waals surface area (Å²) in [7, 11) is -2.23. The number of Topliss-reactive ketones (excluding diaryl/α,β-unsaturated/α-hetero) is 1. The molecule has 0 spiro atoms. The second-order valence-corrected chi connectivity index (χ2v) is 9.82. The number of carbonyl (C=O) groups excluding carboxylic acids is 1. The molecule has 0 amide bonds. The molecule has 0 aliphatic rings. The van der Waals surface area contributed by atoms with Crippen LogP contribution < -0.4 is 9.88 Å². The van der Waals surface area contributed by atoms with Crippen molar-refractivity contribution in [2.75, 3.05) is 7.11 Å². The van der Waals surface area contributed by atoms with Crippen molar-refractivity contribution in [3.05, 3.63) is 48.0 Å². The number of methoxy groups -OCH3 is 1.